The Bertz CT molecular complexity index is 401. The number of fused-ring (bicyclic) bond motifs is 1. The number of likely N-dealkylation sites (tertiary alicyclic amines) is 1. The van der Waals surface area contributed by atoms with Gasteiger partial charge in [0.05, 0.1) is 12.8 Å². The van der Waals surface area contributed by atoms with Crippen LogP contribution in [0.5, 0.6) is 5.75 Å². The van der Waals surface area contributed by atoms with Crippen LogP contribution in [0, 0.1) is 5.92 Å². The maximum atomic E-state index is 5.39. The minimum Gasteiger partial charge on any atom is -0.495 e. The van der Waals surface area contributed by atoms with E-state index in [1.165, 1.54) is 43.7 Å². The summed E-state index contributed by atoms with van der Waals surface area (Å²) in [7, 11) is 1.74. The second kappa shape index (κ2) is 4.57. The Hall–Kier alpha value is -1.22. The van der Waals surface area contributed by atoms with Gasteiger partial charge in [0.1, 0.15) is 5.75 Å². The predicted octanol–water partition coefficient (Wildman–Crippen LogP) is 1.99. The van der Waals surface area contributed by atoms with Gasteiger partial charge in [-0.05, 0) is 43.5 Å². The first-order chi connectivity index (χ1) is 8.36. The molecule has 2 aliphatic heterocycles. The SMILES string of the molecule is COc1cccc2c1NCC(CN1CCC1)C2. The monoisotopic (exact) mass is 232 g/mol. The van der Waals surface area contributed by atoms with E-state index in [2.05, 4.69) is 22.3 Å². The van der Waals surface area contributed by atoms with Crippen LogP contribution >= 0.6 is 0 Å². The van der Waals surface area contributed by atoms with Crippen LogP contribution in [0.3, 0.4) is 0 Å². The van der Waals surface area contributed by atoms with Crippen LogP contribution in [0.1, 0.15) is 12.0 Å². The molecule has 3 heteroatoms. The zero-order chi connectivity index (χ0) is 11.7. The summed E-state index contributed by atoms with van der Waals surface area (Å²) < 4.78 is 5.39. The fourth-order valence-electron chi connectivity index (χ4n) is 2.81. The second-order valence-corrected chi connectivity index (χ2v) is 5.10. The van der Waals surface area contributed by atoms with Crippen LogP contribution in [0.4, 0.5) is 5.69 Å². The first kappa shape index (κ1) is 10.9. The number of ether oxygens (including phenoxy) is 1. The minimum atomic E-state index is 0.745. The Labute approximate surface area is 103 Å². The molecule has 1 aromatic rings. The highest BCUT2D eigenvalue weighted by molar-refractivity contribution is 5.63. The van der Waals surface area contributed by atoms with Gasteiger partial charge in [0, 0.05) is 13.1 Å². The topological polar surface area (TPSA) is 24.5 Å². The Morgan fingerprint density at radius 3 is 3.00 bits per heavy atom. The largest absolute Gasteiger partial charge is 0.495 e. The average molecular weight is 232 g/mol. The number of benzene rings is 1. The van der Waals surface area contributed by atoms with Gasteiger partial charge in [-0.3, -0.25) is 0 Å². The van der Waals surface area contributed by atoms with Crippen LogP contribution in [-0.4, -0.2) is 38.2 Å². The normalized spacial score (nSPS) is 23.5. The van der Waals surface area contributed by atoms with Gasteiger partial charge >= 0.3 is 0 Å². The summed E-state index contributed by atoms with van der Waals surface area (Å²) in [5.41, 5.74) is 2.61. The molecule has 1 atom stereocenters. The van der Waals surface area contributed by atoms with Crippen molar-refractivity contribution in [2.24, 2.45) is 5.92 Å². The first-order valence-electron chi connectivity index (χ1n) is 6.49. The minimum absolute atomic E-state index is 0.745. The van der Waals surface area contributed by atoms with Crippen molar-refractivity contribution in [3.8, 4) is 5.75 Å². The van der Waals surface area contributed by atoms with Gasteiger partial charge in [-0.2, -0.15) is 0 Å². The molecule has 0 bridgehead atoms. The zero-order valence-corrected chi connectivity index (χ0v) is 10.4. The predicted molar refractivity (Wildman–Crippen MR) is 69.7 cm³/mol. The number of nitrogens with zero attached hydrogens (tertiary/aromatic N) is 1. The Kier molecular flexibility index (Phi) is 2.93. The van der Waals surface area contributed by atoms with E-state index >= 15 is 0 Å². The molecule has 0 spiro atoms. The summed E-state index contributed by atoms with van der Waals surface area (Å²) in [6, 6.07) is 6.33. The Balaban J connectivity index is 1.71. The lowest BCUT2D eigenvalue weighted by Crippen LogP contribution is -2.43. The van der Waals surface area contributed by atoms with Crippen molar-refractivity contribution in [1.29, 1.82) is 0 Å². The third kappa shape index (κ3) is 2.12. The fourth-order valence-corrected chi connectivity index (χ4v) is 2.81. The average Bonchev–Trinajstić information content (AvgIpc) is 2.32. The molecule has 92 valence electrons. The summed E-state index contributed by atoms with van der Waals surface area (Å²) in [6.07, 6.45) is 2.56. The van der Waals surface area contributed by atoms with E-state index in [1.807, 2.05) is 6.07 Å². The maximum absolute atomic E-state index is 5.39. The van der Waals surface area contributed by atoms with Gasteiger partial charge in [-0.25, -0.2) is 0 Å². The lowest BCUT2D eigenvalue weighted by molar-refractivity contribution is 0.153. The van der Waals surface area contributed by atoms with Gasteiger partial charge in [0.25, 0.3) is 0 Å². The molecule has 0 aromatic heterocycles. The molecule has 2 aliphatic rings. The standard InChI is InChI=1S/C14H20N2O/c1-17-13-5-2-4-12-8-11(9-15-14(12)13)10-16-6-3-7-16/h2,4-5,11,15H,3,6-10H2,1H3. The number of nitrogens with one attached hydrogen (secondary N) is 1. The van der Waals surface area contributed by atoms with Gasteiger partial charge in [0.2, 0.25) is 0 Å². The highest BCUT2D eigenvalue weighted by atomic mass is 16.5. The molecule has 1 aromatic carbocycles. The van der Waals surface area contributed by atoms with Crippen LogP contribution in [0.25, 0.3) is 0 Å². The molecule has 0 saturated carbocycles. The van der Waals surface area contributed by atoms with Crippen LogP contribution in [0.2, 0.25) is 0 Å². The number of anilines is 1. The van der Waals surface area contributed by atoms with Gasteiger partial charge in [-0.1, -0.05) is 12.1 Å². The van der Waals surface area contributed by atoms with Gasteiger partial charge < -0.3 is 15.0 Å². The third-order valence-electron chi connectivity index (χ3n) is 3.87. The van der Waals surface area contributed by atoms with Crippen molar-refractivity contribution in [3.05, 3.63) is 23.8 Å². The van der Waals surface area contributed by atoms with E-state index in [9.17, 15) is 0 Å². The van der Waals surface area contributed by atoms with Crippen molar-refractivity contribution in [2.45, 2.75) is 12.8 Å². The molecule has 1 unspecified atom stereocenters. The Morgan fingerprint density at radius 2 is 2.29 bits per heavy atom. The van der Waals surface area contributed by atoms with Crippen LogP contribution < -0.4 is 10.1 Å². The first-order valence-corrected chi connectivity index (χ1v) is 6.49. The van der Waals surface area contributed by atoms with E-state index in [-0.39, 0.29) is 0 Å². The maximum Gasteiger partial charge on any atom is 0.142 e. The van der Waals surface area contributed by atoms with E-state index < -0.39 is 0 Å². The molecule has 17 heavy (non-hydrogen) atoms. The summed E-state index contributed by atoms with van der Waals surface area (Å²) in [5, 5.41) is 3.53. The second-order valence-electron chi connectivity index (χ2n) is 5.10. The summed E-state index contributed by atoms with van der Waals surface area (Å²) >= 11 is 0. The number of hydrogen-bond acceptors (Lipinski definition) is 3. The van der Waals surface area contributed by atoms with E-state index in [1.54, 1.807) is 7.11 Å². The van der Waals surface area contributed by atoms with Gasteiger partial charge in [0.15, 0.2) is 0 Å². The molecule has 0 aliphatic carbocycles. The van der Waals surface area contributed by atoms with Crippen LogP contribution in [0.15, 0.2) is 18.2 Å². The lowest BCUT2D eigenvalue weighted by Gasteiger charge is -2.36. The van der Waals surface area contributed by atoms with Gasteiger partial charge in [-0.15, -0.1) is 0 Å². The molecule has 2 heterocycles. The highest BCUT2D eigenvalue weighted by Crippen LogP contribution is 2.33. The molecule has 3 rings (SSSR count). The fraction of sp³-hybridized carbons (Fsp3) is 0.571. The molecule has 1 fully saturated rings. The Morgan fingerprint density at radius 1 is 1.41 bits per heavy atom. The number of para-hydroxylation sites is 1. The lowest BCUT2D eigenvalue weighted by atomic mass is 9.92. The highest BCUT2D eigenvalue weighted by Gasteiger charge is 2.24. The third-order valence-corrected chi connectivity index (χ3v) is 3.87. The molecular formula is C14H20N2O. The van der Waals surface area contributed by atoms with Crippen molar-refractivity contribution >= 4 is 5.69 Å². The molecule has 3 nitrogen and oxygen atoms in total. The van der Waals surface area contributed by atoms with Crippen molar-refractivity contribution < 1.29 is 4.74 Å². The number of rotatable bonds is 3. The van der Waals surface area contributed by atoms with Crippen LogP contribution in [-0.2, 0) is 6.42 Å². The van der Waals surface area contributed by atoms with Crippen molar-refractivity contribution in [1.82, 2.24) is 4.90 Å². The summed E-state index contributed by atoms with van der Waals surface area (Å²) in [5.74, 6) is 1.72. The molecule has 1 saturated heterocycles. The number of methoxy groups -OCH3 is 1. The van der Waals surface area contributed by atoms with Crippen molar-refractivity contribution in [2.75, 3.05) is 38.6 Å². The smallest absolute Gasteiger partial charge is 0.142 e. The summed E-state index contributed by atoms with van der Waals surface area (Å²) in [4.78, 5) is 2.55. The quantitative estimate of drug-likeness (QED) is 0.862. The molecule has 0 radical (unpaired) electrons. The molecular weight excluding hydrogens is 212 g/mol. The number of hydrogen-bond donors (Lipinski definition) is 1. The summed E-state index contributed by atoms with van der Waals surface area (Å²) in [6.45, 7) is 4.90. The van der Waals surface area contributed by atoms with E-state index in [0.29, 0.717) is 0 Å². The molecule has 1 N–H and O–H groups in total. The molecule has 0 amide bonds. The van der Waals surface area contributed by atoms with E-state index in [4.69, 9.17) is 4.74 Å². The van der Waals surface area contributed by atoms with E-state index in [0.717, 1.165) is 18.2 Å². The van der Waals surface area contributed by atoms with Crippen molar-refractivity contribution in [3.63, 3.8) is 0 Å². The zero-order valence-electron chi connectivity index (χ0n) is 10.4.